The van der Waals surface area contributed by atoms with Gasteiger partial charge in [0.2, 0.25) is 0 Å². The molecule has 18 heavy (non-hydrogen) atoms. The van der Waals surface area contributed by atoms with Crippen LogP contribution < -0.4 is 5.73 Å². The van der Waals surface area contributed by atoms with Crippen molar-refractivity contribution in [3.8, 4) is 0 Å². The number of nitrogens with two attached hydrogens (primary N) is 1. The van der Waals surface area contributed by atoms with Gasteiger partial charge in [0.15, 0.2) is 0 Å². The largest absolute Gasteiger partial charge is 0.383 e. The van der Waals surface area contributed by atoms with E-state index in [0.717, 1.165) is 47.6 Å². The Hall–Kier alpha value is -0.430. The minimum Gasteiger partial charge on any atom is -0.383 e. The van der Waals surface area contributed by atoms with Crippen molar-refractivity contribution in [3.63, 3.8) is 0 Å². The van der Waals surface area contributed by atoms with Gasteiger partial charge in [-0.25, -0.2) is 9.97 Å². The summed E-state index contributed by atoms with van der Waals surface area (Å²) >= 11 is 2.25. The van der Waals surface area contributed by atoms with Crippen LogP contribution in [-0.4, -0.2) is 23.2 Å². The lowest BCUT2D eigenvalue weighted by molar-refractivity contribution is 0.0835. The van der Waals surface area contributed by atoms with Crippen molar-refractivity contribution in [1.29, 1.82) is 0 Å². The average molecular weight is 361 g/mol. The number of rotatable bonds is 3. The maximum Gasteiger partial charge on any atom is 0.140 e. The van der Waals surface area contributed by atoms with E-state index in [9.17, 15) is 0 Å². The highest BCUT2D eigenvalue weighted by molar-refractivity contribution is 14.1. The molecule has 0 atom stereocenters. The summed E-state index contributed by atoms with van der Waals surface area (Å²) in [6, 6.07) is 0. The van der Waals surface area contributed by atoms with Crippen LogP contribution in [0.2, 0.25) is 0 Å². The zero-order chi connectivity index (χ0) is 13.1. The Balaban J connectivity index is 2.27. The van der Waals surface area contributed by atoms with Crippen molar-refractivity contribution < 1.29 is 4.74 Å². The van der Waals surface area contributed by atoms with Crippen LogP contribution in [0.5, 0.6) is 0 Å². The normalized spacial score (nSPS) is 17.3. The zero-order valence-corrected chi connectivity index (χ0v) is 13.1. The van der Waals surface area contributed by atoms with Gasteiger partial charge in [0, 0.05) is 19.1 Å². The number of halogens is 1. The Morgan fingerprint density at radius 1 is 1.33 bits per heavy atom. The summed E-state index contributed by atoms with van der Waals surface area (Å²) in [6.07, 6.45) is 2.96. The molecule has 1 fully saturated rings. The summed E-state index contributed by atoms with van der Waals surface area (Å²) in [5, 5.41) is 0. The van der Waals surface area contributed by atoms with E-state index < -0.39 is 0 Å². The number of nitrogen functional groups attached to an aromatic ring is 1. The van der Waals surface area contributed by atoms with E-state index in [1.165, 1.54) is 0 Å². The maximum absolute atomic E-state index is 6.01. The van der Waals surface area contributed by atoms with E-state index in [2.05, 4.69) is 41.4 Å². The minimum atomic E-state index is 0.406. The van der Waals surface area contributed by atoms with Crippen LogP contribution >= 0.6 is 22.6 Å². The van der Waals surface area contributed by atoms with Gasteiger partial charge in [0.1, 0.15) is 11.6 Å². The molecule has 1 aliphatic rings. The molecule has 2 rings (SSSR count). The fourth-order valence-electron chi connectivity index (χ4n) is 2.19. The molecule has 0 aliphatic carbocycles. The Morgan fingerprint density at radius 2 is 2.00 bits per heavy atom. The molecule has 4 nitrogen and oxygen atoms in total. The Labute approximate surface area is 122 Å². The van der Waals surface area contributed by atoms with Gasteiger partial charge in [-0.1, -0.05) is 13.8 Å². The van der Waals surface area contributed by atoms with Gasteiger partial charge in [-0.05, 0) is 47.8 Å². The van der Waals surface area contributed by atoms with Gasteiger partial charge in [-0.3, -0.25) is 0 Å². The lowest BCUT2D eigenvalue weighted by Gasteiger charge is -2.22. The van der Waals surface area contributed by atoms with Crippen LogP contribution in [0.3, 0.4) is 0 Å². The summed E-state index contributed by atoms with van der Waals surface area (Å²) in [5.74, 6) is 2.52. The molecule has 1 aromatic rings. The number of anilines is 1. The highest BCUT2D eigenvalue weighted by atomic mass is 127. The van der Waals surface area contributed by atoms with Gasteiger partial charge in [0.05, 0.1) is 9.26 Å². The highest BCUT2D eigenvalue weighted by Crippen LogP contribution is 2.27. The van der Waals surface area contributed by atoms with Crippen molar-refractivity contribution in [2.24, 2.45) is 5.92 Å². The molecule has 0 radical (unpaired) electrons. The molecular formula is C13H20IN3O. The number of aromatic nitrogens is 2. The molecule has 0 aromatic carbocycles. The highest BCUT2D eigenvalue weighted by Gasteiger charge is 2.21. The second kappa shape index (κ2) is 6.14. The van der Waals surface area contributed by atoms with E-state index in [-0.39, 0.29) is 0 Å². The molecule has 0 bridgehead atoms. The second-order valence-corrected chi connectivity index (χ2v) is 6.29. The van der Waals surface area contributed by atoms with Gasteiger partial charge in [-0.15, -0.1) is 0 Å². The SMILES string of the molecule is CC(C)Cc1nc(C2CCOCC2)nc(N)c1I. The summed E-state index contributed by atoms with van der Waals surface area (Å²) in [5.41, 5.74) is 7.11. The molecule has 0 spiro atoms. The van der Waals surface area contributed by atoms with Gasteiger partial charge < -0.3 is 10.5 Å². The van der Waals surface area contributed by atoms with Crippen molar-refractivity contribution in [2.45, 2.75) is 39.0 Å². The molecule has 1 saturated heterocycles. The molecule has 2 heterocycles. The third kappa shape index (κ3) is 3.32. The lowest BCUT2D eigenvalue weighted by atomic mass is 9.99. The first-order valence-corrected chi connectivity index (χ1v) is 7.55. The zero-order valence-electron chi connectivity index (χ0n) is 10.9. The van der Waals surface area contributed by atoms with Crippen molar-refractivity contribution >= 4 is 28.4 Å². The standard InChI is InChI=1S/C13H20IN3O/c1-8(2)7-10-11(14)12(15)17-13(16-10)9-3-5-18-6-4-9/h8-9H,3-7H2,1-2H3,(H2,15,16,17). The molecule has 0 amide bonds. The fourth-order valence-corrected chi connectivity index (χ4v) is 2.65. The Kier molecular flexibility index (Phi) is 4.77. The van der Waals surface area contributed by atoms with Gasteiger partial charge >= 0.3 is 0 Å². The number of hydrogen-bond acceptors (Lipinski definition) is 4. The molecule has 100 valence electrons. The maximum atomic E-state index is 6.01. The first-order valence-electron chi connectivity index (χ1n) is 6.47. The predicted octanol–water partition coefficient (Wildman–Crippen LogP) is 2.76. The van der Waals surface area contributed by atoms with Gasteiger partial charge in [0.25, 0.3) is 0 Å². The third-order valence-corrected chi connectivity index (χ3v) is 4.33. The molecular weight excluding hydrogens is 341 g/mol. The summed E-state index contributed by atoms with van der Waals surface area (Å²) in [4.78, 5) is 9.21. The van der Waals surface area contributed by atoms with E-state index in [4.69, 9.17) is 15.5 Å². The lowest BCUT2D eigenvalue weighted by Crippen LogP contribution is -2.18. The molecule has 1 aliphatic heterocycles. The van der Waals surface area contributed by atoms with Crippen LogP contribution in [-0.2, 0) is 11.2 Å². The van der Waals surface area contributed by atoms with Crippen molar-refractivity contribution in [2.75, 3.05) is 18.9 Å². The van der Waals surface area contributed by atoms with Crippen LogP contribution in [0.25, 0.3) is 0 Å². The average Bonchev–Trinajstić information content (AvgIpc) is 2.35. The molecule has 1 aromatic heterocycles. The van der Waals surface area contributed by atoms with Crippen LogP contribution in [0, 0.1) is 9.49 Å². The molecule has 0 unspecified atom stereocenters. The van der Waals surface area contributed by atoms with Gasteiger partial charge in [-0.2, -0.15) is 0 Å². The van der Waals surface area contributed by atoms with Crippen LogP contribution in [0.1, 0.15) is 44.1 Å². The summed E-state index contributed by atoms with van der Waals surface area (Å²) in [7, 11) is 0. The molecule has 0 saturated carbocycles. The first kappa shape index (κ1) is 14.0. The molecule has 5 heteroatoms. The quantitative estimate of drug-likeness (QED) is 0.841. The van der Waals surface area contributed by atoms with E-state index in [0.29, 0.717) is 17.7 Å². The molecule has 2 N–H and O–H groups in total. The fraction of sp³-hybridized carbons (Fsp3) is 0.692. The number of ether oxygens (including phenoxy) is 1. The summed E-state index contributed by atoms with van der Waals surface area (Å²) < 4.78 is 6.39. The number of hydrogen-bond donors (Lipinski definition) is 1. The van der Waals surface area contributed by atoms with Crippen LogP contribution in [0.15, 0.2) is 0 Å². The third-order valence-electron chi connectivity index (χ3n) is 3.15. The second-order valence-electron chi connectivity index (χ2n) is 5.21. The smallest absolute Gasteiger partial charge is 0.140 e. The van der Waals surface area contributed by atoms with Crippen molar-refractivity contribution in [3.05, 3.63) is 15.1 Å². The Morgan fingerprint density at radius 3 is 2.61 bits per heavy atom. The van der Waals surface area contributed by atoms with Crippen LogP contribution in [0.4, 0.5) is 5.82 Å². The minimum absolute atomic E-state index is 0.406. The predicted molar refractivity (Wildman–Crippen MR) is 80.5 cm³/mol. The summed E-state index contributed by atoms with van der Waals surface area (Å²) in [6.45, 7) is 6.00. The van der Waals surface area contributed by atoms with E-state index >= 15 is 0 Å². The van der Waals surface area contributed by atoms with Crippen molar-refractivity contribution in [1.82, 2.24) is 9.97 Å². The number of nitrogens with zero attached hydrogens (tertiary/aromatic N) is 2. The van der Waals surface area contributed by atoms with E-state index in [1.54, 1.807) is 0 Å². The topological polar surface area (TPSA) is 61.0 Å². The first-order chi connectivity index (χ1) is 8.58. The van der Waals surface area contributed by atoms with E-state index in [1.807, 2.05) is 0 Å². The Bertz CT molecular complexity index is 417. The monoisotopic (exact) mass is 361 g/mol.